The average molecular weight is 617 g/mol. The number of carbonyl (C=O) groups is 1. The van der Waals surface area contributed by atoms with Gasteiger partial charge in [-0.1, -0.05) is 56.9 Å². The van der Waals surface area contributed by atoms with Crippen LogP contribution < -0.4 is 15.0 Å². The Morgan fingerprint density at radius 3 is 2.66 bits per heavy atom. The van der Waals surface area contributed by atoms with Crippen LogP contribution in [0.4, 0.5) is 10.5 Å². The number of aromatic nitrogens is 1. The summed E-state index contributed by atoms with van der Waals surface area (Å²) in [5, 5.41) is 7.47. The molecule has 1 amide bonds. The highest BCUT2D eigenvalue weighted by Gasteiger charge is 2.18. The number of carbonyl (C=O) groups excluding carboxylic acids is 1. The summed E-state index contributed by atoms with van der Waals surface area (Å²) in [4.78, 5) is 21.7. The third-order valence-corrected chi connectivity index (χ3v) is 9.39. The van der Waals surface area contributed by atoms with E-state index in [1.807, 2.05) is 41.7 Å². The van der Waals surface area contributed by atoms with Crippen LogP contribution in [0.5, 0.6) is 5.88 Å². The van der Waals surface area contributed by atoms with E-state index in [1.54, 1.807) is 6.07 Å². The second-order valence-electron chi connectivity index (χ2n) is 11.8. The van der Waals surface area contributed by atoms with Crippen molar-refractivity contribution in [3.63, 3.8) is 0 Å². The Kier molecular flexibility index (Phi) is 12.7. The van der Waals surface area contributed by atoms with E-state index in [-0.39, 0.29) is 0 Å². The summed E-state index contributed by atoms with van der Waals surface area (Å²) >= 11 is 1.83. The van der Waals surface area contributed by atoms with E-state index in [1.165, 1.54) is 35.2 Å². The Balaban J connectivity index is 0.876. The van der Waals surface area contributed by atoms with Gasteiger partial charge in [-0.3, -0.25) is 4.90 Å². The number of rotatable bonds is 17. The summed E-state index contributed by atoms with van der Waals surface area (Å²) in [5.74, 6) is 0.324. The van der Waals surface area contributed by atoms with Gasteiger partial charge in [-0.05, 0) is 74.4 Å². The molecule has 0 aliphatic carbocycles. The van der Waals surface area contributed by atoms with Crippen LogP contribution in [0.25, 0.3) is 21.0 Å². The number of para-hydroxylation sites is 1. The van der Waals surface area contributed by atoms with Gasteiger partial charge in [0, 0.05) is 66.6 Å². The monoisotopic (exact) mass is 616 g/mol. The number of pyridine rings is 1. The van der Waals surface area contributed by atoms with E-state index in [0.717, 1.165) is 88.6 Å². The highest BCUT2D eigenvalue weighted by molar-refractivity contribution is 7.17. The lowest BCUT2D eigenvalue weighted by Gasteiger charge is -2.36. The molecule has 1 aliphatic rings. The Morgan fingerprint density at radius 1 is 0.909 bits per heavy atom. The second-order valence-corrected chi connectivity index (χ2v) is 12.7. The number of nitrogens with zero attached hydrogens (tertiary/aromatic N) is 3. The van der Waals surface area contributed by atoms with Crippen molar-refractivity contribution in [3.05, 3.63) is 66.0 Å². The predicted octanol–water partition coefficient (Wildman–Crippen LogP) is 8.28. The smallest absolute Gasteiger partial charge is 0.391 e. The molecule has 8 heteroatoms. The number of thiophene rings is 1. The minimum atomic E-state index is -0.446. The minimum Gasteiger partial charge on any atom is -0.391 e. The third kappa shape index (κ3) is 9.65. The quantitative estimate of drug-likeness (QED) is 0.120. The molecule has 44 heavy (non-hydrogen) atoms. The van der Waals surface area contributed by atoms with E-state index < -0.39 is 6.09 Å². The fourth-order valence-electron chi connectivity index (χ4n) is 6.06. The Bertz CT molecular complexity index is 1440. The van der Waals surface area contributed by atoms with Gasteiger partial charge < -0.3 is 19.7 Å². The first-order chi connectivity index (χ1) is 21.7. The molecule has 1 aliphatic heterocycles. The lowest BCUT2D eigenvalue weighted by molar-refractivity contribution is 0.0360. The maximum Gasteiger partial charge on any atom is 0.413 e. The molecule has 3 heterocycles. The van der Waals surface area contributed by atoms with Crippen molar-refractivity contribution in [1.82, 2.24) is 15.2 Å². The van der Waals surface area contributed by atoms with Gasteiger partial charge in [0.2, 0.25) is 5.88 Å². The molecular weight excluding hydrogens is 568 g/mol. The maximum absolute atomic E-state index is 12.1. The standard InChI is InChI=1S/C36H48N4O3S/c1-2-12-30(14-5-3-4-8-21-37-36(41)43-35-19-18-29-13-6-7-15-32(29)38-35)42-27-10-9-22-39-23-25-40(26-24-39)33-16-11-17-34-31(33)20-28-44-34/h6-7,11,13,15-20,28,30H,2-5,8-10,12,14,21-27H2,1H3,(H,37,41). The van der Waals surface area contributed by atoms with Gasteiger partial charge in [0.25, 0.3) is 0 Å². The van der Waals surface area contributed by atoms with Crippen molar-refractivity contribution in [1.29, 1.82) is 0 Å². The van der Waals surface area contributed by atoms with Crippen LogP contribution in [-0.2, 0) is 4.74 Å². The lowest BCUT2D eigenvalue weighted by atomic mass is 10.1. The molecule has 2 aromatic heterocycles. The van der Waals surface area contributed by atoms with E-state index in [9.17, 15) is 4.79 Å². The molecule has 5 rings (SSSR count). The van der Waals surface area contributed by atoms with Crippen molar-refractivity contribution in [2.24, 2.45) is 0 Å². The molecule has 2 aromatic carbocycles. The molecule has 0 spiro atoms. The van der Waals surface area contributed by atoms with E-state index in [2.05, 4.69) is 56.7 Å². The predicted molar refractivity (Wildman–Crippen MR) is 183 cm³/mol. The molecule has 1 fully saturated rings. The first-order valence-electron chi connectivity index (χ1n) is 16.6. The van der Waals surface area contributed by atoms with E-state index in [0.29, 0.717) is 18.5 Å². The van der Waals surface area contributed by atoms with Gasteiger partial charge in [0.05, 0.1) is 11.6 Å². The fourth-order valence-corrected chi connectivity index (χ4v) is 6.87. The largest absolute Gasteiger partial charge is 0.413 e. The molecule has 4 aromatic rings. The van der Waals surface area contributed by atoms with E-state index in [4.69, 9.17) is 9.47 Å². The zero-order chi connectivity index (χ0) is 30.4. The fraction of sp³-hybridized carbons (Fsp3) is 0.500. The second kappa shape index (κ2) is 17.3. The number of hydrogen-bond donors (Lipinski definition) is 1. The highest BCUT2D eigenvalue weighted by atomic mass is 32.1. The molecule has 0 bridgehead atoms. The van der Waals surface area contributed by atoms with Crippen molar-refractivity contribution in [3.8, 4) is 5.88 Å². The number of hydrogen-bond acceptors (Lipinski definition) is 7. The molecule has 0 radical (unpaired) electrons. The molecular formula is C36H48N4O3S. The zero-order valence-electron chi connectivity index (χ0n) is 26.2. The third-order valence-electron chi connectivity index (χ3n) is 8.51. The summed E-state index contributed by atoms with van der Waals surface area (Å²) in [5.41, 5.74) is 2.21. The molecule has 0 saturated carbocycles. The minimum absolute atomic E-state index is 0.324. The Labute approximate surface area is 266 Å². The molecule has 1 N–H and O–H groups in total. The van der Waals surface area contributed by atoms with Gasteiger partial charge in [-0.2, -0.15) is 0 Å². The van der Waals surface area contributed by atoms with Crippen LogP contribution in [0.2, 0.25) is 0 Å². The van der Waals surface area contributed by atoms with Gasteiger partial charge in [-0.25, -0.2) is 9.78 Å². The zero-order valence-corrected chi connectivity index (χ0v) is 27.0. The molecule has 1 unspecified atom stereocenters. The van der Waals surface area contributed by atoms with Crippen LogP contribution in [0.3, 0.4) is 0 Å². The van der Waals surface area contributed by atoms with Crippen molar-refractivity contribution in [2.45, 2.75) is 70.8 Å². The molecule has 1 atom stereocenters. The lowest BCUT2D eigenvalue weighted by Crippen LogP contribution is -2.46. The van der Waals surface area contributed by atoms with E-state index >= 15 is 0 Å². The molecule has 7 nitrogen and oxygen atoms in total. The average Bonchev–Trinajstić information content (AvgIpc) is 3.54. The van der Waals surface area contributed by atoms with Crippen LogP contribution in [0, 0.1) is 0 Å². The normalized spacial score (nSPS) is 14.7. The van der Waals surface area contributed by atoms with Gasteiger partial charge in [-0.15, -0.1) is 11.3 Å². The maximum atomic E-state index is 12.1. The van der Waals surface area contributed by atoms with Crippen LogP contribution in [0.1, 0.15) is 64.7 Å². The summed E-state index contributed by atoms with van der Waals surface area (Å²) in [6.45, 7) is 9.37. The van der Waals surface area contributed by atoms with Crippen LogP contribution in [-0.4, -0.2) is 68.0 Å². The summed E-state index contributed by atoms with van der Waals surface area (Å²) in [7, 11) is 0. The first kappa shape index (κ1) is 32.2. The van der Waals surface area contributed by atoms with Gasteiger partial charge in [0.1, 0.15) is 0 Å². The molecule has 236 valence electrons. The van der Waals surface area contributed by atoms with Crippen LogP contribution >= 0.6 is 11.3 Å². The number of ether oxygens (including phenoxy) is 2. The SMILES string of the molecule is CCCC(CCCCCCNC(=O)Oc1ccc2ccccc2n1)OCCCCN1CCN(c2cccc3sccc23)CC1. The topological polar surface area (TPSA) is 66.9 Å². The van der Waals surface area contributed by atoms with Gasteiger partial charge in [0.15, 0.2) is 0 Å². The summed E-state index contributed by atoms with van der Waals surface area (Å²) < 4.78 is 13.0. The summed E-state index contributed by atoms with van der Waals surface area (Å²) in [6, 6.07) is 20.4. The number of amides is 1. The first-order valence-corrected chi connectivity index (χ1v) is 17.4. The number of benzene rings is 2. The number of piperazine rings is 1. The number of unbranched alkanes of at least 4 members (excludes halogenated alkanes) is 4. The Morgan fingerprint density at radius 2 is 1.77 bits per heavy atom. The Hall–Kier alpha value is -3.20. The number of fused-ring (bicyclic) bond motifs is 2. The number of nitrogens with one attached hydrogen (secondary N) is 1. The molecule has 1 saturated heterocycles. The van der Waals surface area contributed by atoms with Crippen molar-refractivity contribution < 1.29 is 14.3 Å². The van der Waals surface area contributed by atoms with Crippen molar-refractivity contribution in [2.75, 3.05) is 50.8 Å². The highest BCUT2D eigenvalue weighted by Crippen LogP contribution is 2.31. The van der Waals surface area contributed by atoms with Crippen molar-refractivity contribution >= 4 is 44.1 Å². The van der Waals surface area contributed by atoms with Crippen LogP contribution in [0.15, 0.2) is 66.0 Å². The summed E-state index contributed by atoms with van der Waals surface area (Å²) in [6.07, 6.45) is 10.0. The van der Waals surface area contributed by atoms with Gasteiger partial charge >= 0.3 is 6.09 Å². The number of anilines is 1.